The van der Waals surface area contributed by atoms with E-state index in [0.717, 1.165) is 11.4 Å². The largest absolute Gasteiger partial charge is 0.310 e. The Morgan fingerprint density at radius 1 is 0.545 bits per heavy atom. The van der Waals surface area contributed by atoms with Crippen molar-refractivity contribution in [1.29, 1.82) is 0 Å². The van der Waals surface area contributed by atoms with Gasteiger partial charge >= 0.3 is 0 Å². The molecule has 216 valence electrons. The first-order valence-electron chi connectivity index (χ1n) is 15.6. The second-order valence-electron chi connectivity index (χ2n) is 13.0. The maximum absolute atomic E-state index is 4.20. The molecule has 1 nitrogen and oxygen atoms in total. The molecule has 0 N–H and O–H groups in total. The first kappa shape index (κ1) is 27.9. The summed E-state index contributed by atoms with van der Waals surface area (Å²) >= 11 is 0. The van der Waals surface area contributed by atoms with E-state index in [0.29, 0.717) is 0 Å². The summed E-state index contributed by atoms with van der Waals surface area (Å²) in [5.74, 6) is 0. The molecule has 0 aromatic heterocycles. The summed E-state index contributed by atoms with van der Waals surface area (Å²) in [5, 5.41) is 0. The summed E-state index contributed by atoms with van der Waals surface area (Å²) in [6, 6.07) is 42.5. The second-order valence-corrected chi connectivity index (χ2v) is 13.0. The van der Waals surface area contributed by atoms with Crippen LogP contribution in [-0.2, 0) is 10.8 Å². The van der Waals surface area contributed by atoms with Crippen LogP contribution in [-0.4, -0.2) is 0 Å². The number of anilines is 3. The Morgan fingerprint density at radius 3 is 1.75 bits per heavy atom. The molecule has 5 aromatic rings. The van der Waals surface area contributed by atoms with Crippen LogP contribution in [0.5, 0.6) is 0 Å². The van der Waals surface area contributed by atoms with E-state index in [1.807, 2.05) is 6.08 Å². The van der Waals surface area contributed by atoms with Crippen molar-refractivity contribution in [2.24, 2.45) is 0 Å². The van der Waals surface area contributed by atoms with Crippen LogP contribution in [0.1, 0.15) is 56.9 Å². The number of hydrogen-bond donors (Lipinski definition) is 0. The number of allylic oxidation sites excluding steroid dienone is 5. The molecule has 44 heavy (non-hydrogen) atoms. The van der Waals surface area contributed by atoms with E-state index < -0.39 is 0 Å². The van der Waals surface area contributed by atoms with Crippen molar-refractivity contribution in [2.75, 3.05) is 4.90 Å². The van der Waals surface area contributed by atoms with Crippen molar-refractivity contribution in [3.05, 3.63) is 168 Å². The Balaban J connectivity index is 1.40. The Bertz CT molecular complexity index is 1970. The van der Waals surface area contributed by atoms with E-state index in [-0.39, 0.29) is 10.8 Å². The monoisotopic (exact) mass is 569 g/mol. The SMILES string of the molecule is C=CC1=C(C=CC)c2ccc(N(c3ccc(-c4ccccc4)cc3)c3ccc4c(c3)C(C)(C)c3ccccc3-4)cc2C1(C)C. The molecule has 0 amide bonds. The molecule has 7 rings (SSSR count). The van der Waals surface area contributed by atoms with Crippen LogP contribution in [0.3, 0.4) is 0 Å². The van der Waals surface area contributed by atoms with Crippen LogP contribution in [0, 0.1) is 0 Å². The minimum absolute atomic E-state index is 0.0745. The average Bonchev–Trinajstić information content (AvgIpc) is 3.40. The number of hydrogen-bond acceptors (Lipinski definition) is 1. The molecule has 0 atom stereocenters. The van der Waals surface area contributed by atoms with Gasteiger partial charge < -0.3 is 4.90 Å². The third-order valence-corrected chi connectivity index (χ3v) is 9.78. The highest BCUT2D eigenvalue weighted by Gasteiger charge is 2.37. The Hall–Kier alpha value is -4.88. The molecule has 1 heteroatoms. The van der Waals surface area contributed by atoms with Crippen molar-refractivity contribution >= 4 is 22.6 Å². The van der Waals surface area contributed by atoms with Crippen LogP contribution in [0.4, 0.5) is 17.1 Å². The first-order valence-corrected chi connectivity index (χ1v) is 15.6. The summed E-state index contributed by atoms with van der Waals surface area (Å²) in [4.78, 5) is 2.42. The third-order valence-electron chi connectivity index (χ3n) is 9.78. The van der Waals surface area contributed by atoms with Gasteiger partial charge in [-0.3, -0.25) is 0 Å². The van der Waals surface area contributed by atoms with E-state index in [1.54, 1.807) is 0 Å². The smallest absolute Gasteiger partial charge is 0.0465 e. The lowest BCUT2D eigenvalue weighted by molar-refractivity contribution is 0.654. The molecular formula is C43H39N. The Kier molecular flexibility index (Phi) is 6.59. The van der Waals surface area contributed by atoms with Gasteiger partial charge in [-0.1, -0.05) is 131 Å². The highest BCUT2D eigenvalue weighted by molar-refractivity contribution is 5.91. The van der Waals surface area contributed by atoms with Gasteiger partial charge in [0.2, 0.25) is 0 Å². The van der Waals surface area contributed by atoms with Gasteiger partial charge in [0.05, 0.1) is 0 Å². The summed E-state index contributed by atoms with van der Waals surface area (Å²) in [7, 11) is 0. The Morgan fingerprint density at radius 2 is 1.09 bits per heavy atom. The van der Waals surface area contributed by atoms with Gasteiger partial charge in [-0.2, -0.15) is 0 Å². The molecule has 2 aliphatic rings. The minimum atomic E-state index is -0.146. The average molecular weight is 570 g/mol. The summed E-state index contributed by atoms with van der Waals surface area (Å²) in [5.41, 5.74) is 16.3. The zero-order chi connectivity index (χ0) is 30.6. The topological polar surface area (TPSA) is 3.24 Å². The first-order chi connectivity index (χ1) is 21.3. The van der Waals surface area contributed by atoms with E-state index in [9.17, 15) is 0 Å². The fourth-order valence-electron chi connectivity index (χ4n) is 7.47. The van der Waals surface area contributed by atoms with Crippen molar-refractivity contribution in [3.63, 3.8) is 0 Å². The van der Waals surface area contributed by atoms with Crippen LogP contribution in [0.15, 0.2) is 146 Å². The van der Waals surface area contributed by atoms with Crippen molar-refractivity contribution in [1.82, 2.24) is 0 Å². The zero-order valence-electron chi connectivity index (χ0n) is 26.4. The molecule has 0 saturated carbocycles. The van der Waals surface area contributed by atoms with Crippen molar-refractivity contribution < 1.29 is 0 Å². The lowest BCUT2D eigenvalue weighted by atomic mass is 9.81. The second kappa shape index (κ2) is 10.4. The molecule has 0 saturated heterocycles. The lowest BCUT2D eigenvalue weighted by Gasteiger charge is -2.30. The van der Waals surface area contributed by atoms with Gasteiger partial charge in [-0.25, -0.2) is 0 Å². The van der Waals surface area contributed by atoms with Crippen LogP contribution >= 0.6 is 0 Å². The normalized spacial score (nSPS) is 15.7. The molecule has 5 aromatic carbocycles. The summed E-state index contributed by atoms with van der Waals surface area (Å²) in [6.45, 7) is 15.6. The highest BCUT2D eigenvalue weighted by Crippen LogP contribution is 2.52. The van der Waals surface area contributed by atoms with E-state index in [2.05, 4.69) is 174 Å². The van der Waals surface area contributed by atoms with E-state index in [1.165, 1.54) is 61.3 Å². The van der Waals surface area contributed by atoms with E-state index in [4.69, 9.17) is 0 Å². The Labute approximate surface area is 262 Å². The standard InChI is InChI=1S/C43H39N/c1-7-14-34-36-25-23-32(27-40(36)42(3,4)38(34)8-2)44(31-21-19-30(20-22-31)29-15-10-9-11-16-29)33-24-26-37-35-17-12-13-18-39(35)43(5,6)41(37)28-33/h7-28H,2H2,1,3-6H3. The van der Waals surface area contributed by atoms with Gasteiger partial charge in [0.15, 0.2) is 0 Å². The molecule has 2 aliphatic carbocycles. The summed E-state index contributed by atoms with van der Waals surface area (Å²) in [6.07, 6.45) is 6.39. The molecule has 0 bridgehead atoms. The lowest BCUT2D eigenvalue weighted by Crippen LogP contribution is -2.18. The minimum Gasteiger partial charge on any atom is -0.310 e. The fourth-order valence-corrected chi connectivity index (χ4v) is 7.47. The van der Waals surface area contributed by atoms with Crippen LogP contribution < -0.4 is 4.90 Å². The van der Waals surface area contributed by atoms with Gasteiger partial charge in [-0.15, -0.1) is 0 Å². The van der Waals surface area contributed by atoms with Gasteiger partial charge in [0, 0.05) is 27.9 Å². The number of benzene rings is 5. The molecule has 0 unspecified atom stereocenters. The highest BCUT2D eigenvalue weighted by atomic mass is 15.1. The van der Waals surface area contributed by atoms with Crippen molar-refractivity contribution in [2.45, 2.75) is 45.4 Å². The summed E-state index contributed by atoms with van der Waals surface area (Å²) < 4.78 is 0. The molecule has 0 fully saturated rings. The third kappa shape index (κ3) is 4.22. The predicted octanol–water partition coefficient (Wildman–Crippen LogP) is 11.9. The van der Waals surface area contributed by atoms with Crippen LogP contribution in [0.25, 0.3) is 27.8 Å². The molecule has 0 spiro atoms. The van der Waals surface area contributed by atoms with Crippen LogP contribution in [0.2, 0.25) is 0 Å². The molecule has 0 aliphatic heterocycles. The van der Waals surface area contributed by atoms with Gasteiger partial charge in [0.1, 0.15) is 0 Å². The van der Waals surface area contributed by atoms with Crippen molar-refractivity contribution in [3.8, 4) is 22.3 Å². The maximum Gasteiger partial charge on any atom is 0.0465 e. The van der Waals surface area contributed by atoms with Gasteiger partial charge in [-0.05, 0) is 99.0 Å². The number of rotatable bonds is 6. The fraction of sp³-hybridized carbons (Fsp3) is 0.163. The quantitative estimate of drug-likeness (QED) is 0.197. The number of nitrogens with zero attached hydrogens (tertiary/aromatic N) is 1. The molecular weight excluding hydrogens is 530 g/mol. The van der Waals surface area contributed by atoms with E-state index >= 15 is 0 Å². The number of fused-ring (bicyclic) bond motifs is 4. The molecule has 0 radical (unpaired) electrons. The van der Waals surface area contributed by atoms with Gasteiger partial charge in [0.25, 0.3) is 0 Å². The maximum atomic E-state index is 4.20. The molecule has 0 heterocycles. The predicted molar refractivity (Wildman–Crippen MR) is 189 cm³/mol. The zero-order valence-corrected chi connectivity index (χ0v) is 26.4.